The number of aromatic nitrogens is 3. The molecule has 0 N–H and O–H groups in total. The second-order valence-corrected chi connectivity index (χ2v) is 6.93. The van der Waals surface area contributed by atoms with E-state index in [0.29, 0.717) is 5.92 Å². The summed E-state index contributed by atoms with van der Waals surface area (Å²) in [7, 11) is 1.96. The van der Waals surface area contributed by atoms with Crippen LogP contribution >= 0.6 is 0 Å². The van der Waals surface area contributed by atoms with Crippen LogP contribution in [0.4, 0.5) is 0 Å². The lowest BCUT2D eigenvalue weighted by atomic mass is 9.98. The van der Waals surface area contributed by atoms with Gasteiger partial charge < -0.3 is 4.74 Å². The van der Waals surface area contributed by atoms with Crippen LogP contribution in [0.3, 0.4) is 0 Å². The molecule has 1 aliphatic heterocycles. The summed E-state index contributed by atoms with van der Waals surface area (Å²) in [6.45, 7) is 4.61. The van der Waals surface area contributed by atoms with Crippen molar-refractivity contribution in [1.82, 2.24) is 19.7 Å². The molecule has 0 amide bonds. The van der Waals surface area contributed by atoms with Gasteiger partial charge in [0.1, 0.15) is 0 Å². The van der Waals surface area contributed by atoms with Crippen molar-refractivity contribution in [2.45, 2.75) is 13.0 Å². The van der Waals surface area contributed by atoms with Gasteiger partial charge in [-0.2, -0.15) is 5.10 Å². The van der Waals surface area contributed by atoms with Gasteiger partial charge in [-0.05, 0) is 36.1 Å². The summed E-state index contributed by atoms with van der Waals surface area (Å²) in [5, 5.41) is 5.48. The van der Waals surface area contributed by atoms with Gasteiger partial charge in [0, 0.05) is 50.0 Å². The Morgan fingerprint density at radius 1 is 1.24 bits per heavy atom. The Bertz CT molecular complexity index is 844. The highest BCUT2D eigenvalue weighted by Crippen LogP contribution is 2.19. The fourth-order valence-corrected chi connectivity index (χ4v) is 3.62. The standard InChI is InChI=1S/C20H24N4O/c1-23-12-18(11-22-23)14-24-7-8-25-15-17(13-24)9-16-4-5-20-19(10-16)3-2-6-21-20/h2-6,10-12,17H,7-9,13-15H2,1H3. The zero-order chi connectivity index (χ0) is 17.1. The molecule has 1 aromatic carbocycles. The molecule has 1 saturated heterocycles. The molecule has 3 heterocycles. The molecule has 1 aliphatic rings. The number of nitrogens with zero attached hydrogens (tertiary/aromatic N) is 4. The molecule has 0 radical (unpaired) electrons. The van der Waals surface area contributed by atoms with E-state index in [1.165, 1.54) is 16.5 Å². The summed E-state index contributed by atoms with van der Waals surface area (Å²) in [5.74, 6) is 0.508. The molecule has 5 nitrogen and oxygen atoms in total. The van der Waals surface area contributed by atoms with Crippen LogP contribution in [-0.4, -0.2) is 46.0 Å². The molecule has 1 atom stereocenters. The number of ether oxygens (including phenoxy) is 1. The van der Waals surface area contributed by atoms with Crippen molar-refractivity contribution in [2.75, 3.05) is 26.3 Å². The van der Waals surface area contributed by atoms with E-state index in [4.69, 9.17) is 4.74 Å². The summed E-state index contributed by atoms with van der Waals surface area (Å²) in [6, 6.07) is 10.7. The third-order valence-electron chi connectivity index (χ3n) is 4.78. The van der Waals surface area contributed by atoms with Crippen molar-refractivity contribution >= 4 is 10.9 Å². The maximum absolute atomic E-state index is 5.87. The minimum atomic E-state index is 0.508. The summed E-state index contributed by atoms with van der Waals surface area (Å²) in [5.41, 5.74) is 3.68. The molecule has 3 aromatic rings. The van der Waals surface area contributed by atoms with Crippen LogP contribution in [0, 0.1) is 5.92 Å². The summed E-state index contributed by atoms with van der Waals surface area (Å²) in [4.78, 5) is 6.89. The predicted molar refractivity (Wildman–Crippen MR) is 98.2 cm³/mol. The molecule has 1 unspecified atom stereocenters. The lowest BCUT2D eigenvalue weighted by Crippen LogP contribution is -2.30. The molecular weight excluding hydrogens is 312 g/mol. The van der Waals surface area contributed by atoms with E-state index in [-0.39, 0.29) is 0 Å². The maximum Gasteiger partial charge on any atom is 0.0702 e. The molecular formula is C20H24N4O. The number of aryl methyl sites for hydroxylation is 1. The Kier molecular flexibility index (Phi) is 4.76. The second-order valence-electron chi connectivity index (χ2n) is 6.93. The Labute approximate surface area is 148 Å². The molecule has 5 heteroatoms. The lowest BCUT2D eigenvalue weighted by Gasteiger charge is -2.23. The maximum atomic E-state index is 5.87. The predicted octanol–water partition coefficient (Wildman–Crippen LogP) is 2.66. The monoisotopic (exact) mass is 336 g/mol. The average molecular weight is 336 g/mol. The quantitative estimate of drug-likeness (QED) is 0.735. The van der Waals surface area contributed by atoms with Crippen molar-refractivity contribution in [3.63, 3.8) is 0 Å². The minimum absolute atomic E-state index is 0.508. The smallest absolute Gasteiger partial charge is 0.0702 e. The third-order valence-corrected chi connectivity index (χ3v) is 4.78. The van der Waals surface area contributed by atoms with E-state index >= 15 is 0 Å². The van der Waals surface area contributed by atoms with E-state index < -0.39 is 0 Å². The summed E-state index contributed by atoms with van der Waals surface area (Å²) < 4.78 is 7.73. The van der Waals surface area contributed by atoms with Gasteiger partial charge in [-0.25, -0.2) is 0 Å². The SMILES string of the molecule is Cn1cc(CN2CCOCC(Cc3ccc4ncccc4c3)C2)cn1. The molecule has 0 spiro atoms. The fraction of sp³-hybridized carbons (Fsp3) is 0.400. The number of hydrogen-bond acceptors (Lipinski definition) is 4. The largest absolute Gasteiger partial charge is 0.380 e. The van der Waals surface area contributed by atoms with Crippen molar-refractivity contribution in [3.8, 4) is 0 Å². The van der Waals surface area contributed by atoms with Gasteiger partial charge in [0.25, 0.3) is 0 Å². The van der Waals surface area contributed by atoms with Gasteiger partial charge in [-0.1, -0.05) is 12.1 Å². The molecule has 130 valence electrons. The van der Waals surface area contributed by atoms with Crippen LogP contribution in [0.2, 0.25) is 0 Å². The number of fused-ring (bicyclic) bond motifs is 1. The summed E-state index contributed by atoms with van der Waals surface area (Å²) >= 11 is 0. The summed E-state index contributed by atoms with van der Waals surface area (Å²) in [6.07, 6.45) is 6.93. The highest BCUT2D eigenvalue weighted by molar-refractivity contribution is 5.78. The topological polar surface area (TPSA) is 43.2 Å². The first-order valence-electron chi connectivity index (χ1n) is 8.87. The van der Waals surface area contributed by atoms with Crippen molar-refractivity contribution in [1.29, 1.82) is 0 Å². The molecule has 1 fully saturated rings. The van der Waals surface area contributed by atoms with E-state index in [2.05, 4.69) is 45.4 Å². The van der Waals surface area contributed by atoms with E-state index in [1.54, 1.807) is 0 Å². The van der Waals surface area contributed by atoms with Gasteiger partial charge in [-0.15, -0.1) is 0 Å². The first-order chi connectivity index (χ1) is 12.3. The Hall–Kier alpha value is -2.24. The van der Waals surface area contributed by atoms with Gasteiger partial charge in [0.15, 0.2) is 0 Å². The van der Waals surface area contributed by atoms with Crippen LogP contribution < -0.4 is 0 Å². The minimum Gasteiger partial charge on any atom is -0.380 e. The van der Waals surface area contributed by atoms with Gasteiger partial charge in [0.2, 0.25) is 0 Å². The van der Waals surface area contributed by atoms with Crippen LogP contribution in [0.1, 0.15) is 11.1 Å². The number of pyridine rings is 1. The van der Waals surface area contributed by atoms with Gasteiger partial charge in [0.05, 0.1) is 24.9 Å². The molecule has 25 heavy (non-hydrogen) atoms. The normalized spacial score (nSPS) is 19.2. The van der Waals surface area contributed by atoms with Crippen molar-refractivity contribution in [2.24, 2.45) is 13.0 Å². The van der Waals surface area contributed by atoms with Gasteiger partial charge in [-0.3, -0.25) is 14.6 Å². The van der Waals surface area contributed by atoms with Crippen molar-refractivity contribution in [3.05, 3.63) is 60.0 Å². The Balaban J connectivity index is 1.44. The molecule has 4 rings (SSSR count). The Morgan fingerprint density at radius 2 is 2.20 bits per heavy atom. The first kappa shape index (κ1) is 16.2. The zero-order valence-electron chi connectivity index (χ0n) is 14.6. The zero-order valence-corrected chi connectivity index (χ0v) is 14.6. The number of benzene rings is 1. The van der Waals surface area contributed by atoms with Crippen LogP contribution in [0.25, 0.3) is 10.9 Å². The average Bonchev–Trinajstić information content (AvgIpc) is 2.90. The van der Waals surface area contributed by atoms with Crippen LogP contribution in [0.15, 0.2) is 48.9 Å². The lowest BCUT2D eigenvalue weighted by molar-refractivity contribution is 0.121. The van der Waals surface area contributed by atoms with Gasteiger partial charge >= 0.3 is 0 Å². The van der Waals surface area contributed by atoms with Crippen LogP contribution in [0.5, 0.6) is 0 Å². The highest BCUT2D eigenvalue weighted by Gasteiger charge is 2.19. The number of hydrogen-bond donors (Lipinski definition) is 0. The number of rotatable bonds is 4. The van der Waals surface area contributed by atoms with E-state index in [1.807, 2.05) is 30.2 Å². The van der Waals surface area contributed by atoms with E-state index in [0.717, 1.165) is 44.8 Å². The molecule has 0 aliphatic carbocycles. The first-order valence-corrected chi connectivity index (χ1v) is 8.87. The van der Waals surface area contributed by atoms with E-state index in [9.17, 15) is 0 Å². The molecule has 0 bridgehead atoms. The van der Waals surface area contributed by atoms with Crippen LogP contribution in [-0.2, 0) is 24.8 Å². The highest BCUT2D eigenvalue weighted by atomic mass is 16.5. The second kappa shape index (κ2) is 7.33. The fourth-order valence-electron chi connectivity index (χ4n) is 3.62. The Morgan fingerprint density at radius 3 is 3.08 bits per heavy atom. The third kappa shape index (κ3) is 4.06. The van der Waals surface area contributed by atoms with Crippen molar-refractivity contribution < 1.29 is 4.74 Å². The molecule has 0 saturated carbocycles. The molecule has 2 aromatic heterocycles.